The first-order valence-corrected chi connectivity index (χ1v) is 5.66. The second-order valence-electron chi connectivity index (χ2n) is 4.47. The fraction of sp³-hybridized carbons (Fsp3) is 0.909. The van der Waals surface area contributed by atoms with E-state index in [9.17, 15) is 4.79 Å². The molecule has 0 radical (unpaired) electrons. The maximum absolute atomic E-state index is 11.7. The van der Waals surface area contributed by atoms with E-state index in [4.69, 9.17) is 0 Å². The van der Waals surface area contributed by atoms with Crippen molar-refractivity contribution < 1.29 is 4.79 Å². The zero-order valence-corrected chi connectivity index (χ0v) is 8.22. The highest BCUT2D eigenvalue weighted by Crippen LogP contribution is 2.25. The van der Waals surface area contributed by atoms with Crippen molar-refractivity contribution in [2.45, 2.75) is 57.4 Å². The number of hydrogen-bond acceptors (Lipinski definition) is 1. The third kappa shape index (κ3) is 2.71. The molecule has 0 aromatic rings. The van der Waals surface area contributed by atoms with Gasteiger partial charge in [-0.25, -0.2) is 0 Å². The summed E-state index contributed by atoms with van der Waals surface area (Å²) in [6.07, 6.45) is 9.82. The quantitative estimate of drug-likeness (QED) is 0.650. The van der Waals surface area contributed by atoms with E-state index in [1.54, 1.807) is 0 Å². The summed E-state index contributed by atoms with van der Waals surface area (Å²) in [6, 6.07) is 0.538. The first-order valence-electron chi connectivity index (χ1n) is 5.66. The number of amides is 1. The summed E-state index contributed by atoms with van der Waals surface area (Å²) < 4.78 is 0. The highest BCUT2D eigenvalue weighted by Gasteiger charge is 2.27. The van der Waals surface area contributed by atoms with Gasteiger partial charge in [-0.2, -0.15) is 0 Å². The van der Waals surface area contributed by atoms with Crippen molar-refractivity contribution in [3.63, 3.8) is 0 Å². The monoisotopic (exact) mass is 181 g/mol. The van der Waals surface area contributed by atoms with Gasteiger partial charge in [0.25, 0.3) is 0 Å². The first-order chi connectivity index (χ1) is 6.36. The lowest BCUT2D eigenvalue weighted by atomic mass is 9.99. The second-order valence-corrected chi connectivity index (χ2v) is 4.47. The van der Waals surface area contributed by atoms with E-state index in [0.29, 0.717) is 17.9 Å². The molecular weight excluding hydrogens is 162 g/mol. The predicted octanol–water partition coefficient (Wildman–Crippen LogP) is 2.24. The Kier molecular flexibility index (Phi) is 2.87. The van der Waals surface area contributed by atoms with Crippen LogP contribution in [0.25, 0.3) is 0 Å². The van der Waals surface area contributed by atoms with Crippen molar-refractivity contribution in [2.75, 3.05) is 0 Å². The van der Waals surface area contributed by atoms with Gasteiger partial charge in [0.15, 0.2) is 0 Å². The lowest BCUT2D eigenvalue weighted by Gasteiger charge is -2.13. The minimum Gasteiger partial charge on any atom is -0.353 e. The van der Waals surface area contributed by atoms with E-state index in [0.717, 1.165) is 12.8 Å². The molecule has 0 spiro atoms. The lowest BCUT2D eigenvalue weighted by Crippen LogP contribution is -2.32. The predicted molar refractivity (Wildman–Crippen MR) is 52.4 cm³/mol. The van der Waals surface area contributed by atoms with Crippen molar-refractivity contribution in [2.24, 2.45) is 5.92 Å². The molecule has 13 heavy (non-hydrogen) atoms. The zero-order valence-electron chi connectivity index (χ0n) is 8.22. The van der Waals surface area contributed by atoms with E-state index in [1.165, 1.54) is 38.5 Å². The molecule has 0 atom stereocenters. The largest absolute Gasteiger partial charge is 0.353 e. The molecule has 0 bridgehead atoms. The fourth-order valence-corrected chi connectivity index (χ4v) is 2.09. The molecule has 2 heteroatoms. The third-order valence-corrected chi connectivity index (χ3v) is 3.15. The fourth-order valence-electron chi connectivity index (χ4n) is 2.09. The van der Waals surface area contributed by atoms with E-state index in [1.807, 2.05) is 0 Å². The summed E-state index contributed by atoms with van der Waals surface area (Å²) in [6.45, 7) is 0. The number of hydrogen-bond donors (Lipinski definition) is 1. The van der Waals surface area contributed by atoms with Crippen LogP contribution in [0.3, 0.4) is 0 Å². The highest BCUT2D eigenvalue weighted by molar-refractivity contribution is 5.79. The average molecular weight is 181 g/mol. The summed E-state index contributed by atoms with van der Waals surface area (Å²) in [7, 11) is 0. The third-order valence-electron chi connectivity index (χ3n) is 3.15. The standard InChI is InChI=1S/C11H19NO/c13-11(12-10-7-8-10)9-5-3-1-2-4-6-9/h9-10H,1-8H2,(H,12,13). The second kappa shape index (κ2) is 4.12. The maximum atomic E-state index is 11.7. The van der Waals surface area contributed by atoms with E-state index < -0.39 is 0 Å². The van der Waals surface area contributed by atoms with Crippen LogP contribution in [0.4, 0.5) is 0 Å². The molecule has 1 N–H and O–H groups in total. The normalized spacial score (nSPS) is 25.2. The van der Waals surface area contributed by atoms with Crippen molar-refractivity contribution in [1.82, 2.24) is 5.32 Å². The molecule has 2 aliphatic carbocycles. The van der Waals surface area contributed by atoms with Crippen LogP contribution < -0.4 is 5.32 Å². The SMILES string of the molecule is O=C(NC1CC1)C1CCCCCC1. The molecule has 2 saturated carbocycles. The first kappa shape index (κ1) is 9.04. The summed E-state index contributed by atoms with van der Waals surface area (Å²) in [5, 5.41) is 3.11. The van der Waals surface area contributed by atoms with Crippen molar-refractivity contribution in [1.29, 1.82) is 0 Å². The van der Waals surface area contributed by atoms with Gasteiger partial charge < -0.3 is 5.32 Å². The summed E-state index contributed by atoms with van der Waals surface area (Å²) in [4.78, 5) is 11.7. The Morgan fingerprint density at radius 3 is 2.08 bits per heavy atom. The van der Waals surface area contributed by atoms with Crippen LogP contribution in [0.15, 0.2) is 0 Å². The molecule has 1 amide bonds. The van der Waals surface area contributed by atoms with Crippen molar-refractivity contribution >= 4 is 5.91 Å². The Bertz CT molecular complexity index is 179. The van der Waals surface area contributed by atoms with Gasteiger partial charge in [-0.05, 0) is 25.7 Å². The topological polar surface area (TPSA) is 29.1 Å². The lowest BCUT2D eigenvalue weighted by molar-refractivity contribution is -0.125. The molecule has 2 aliphatic rings. The van der Waals surface area contributed by atoms with Gasteiger partial charge in [-0.1, -0.05) is 25.7 Å². The van der Waals surface area contributed by atoms with Gasteiger partial charge in [0.05, 0.1) is 0 Å². The molecule has 2 nitrogen and oxygen atoms in total. The van der Waals surface area contributed by atoms with E-state index in [2.05, 4.69) is 5.32 Å². The summed E-state index contributed by atoms with van der Waals surface area (Å²) in [5.41, 5.74) is 0. The highest BCUT2D eigenvalue weighted by atomic mass is 16.2. The van der Waals surface area contributed by atoms with Crippen molar-refractivity contribution in [3.05, 3.63) is 0 Å². The molecule has 74 valence electrons. The molecular formula is C11H19NO. The minimum atomic E-state index is 0.336. The van der Waals surface area contributed by atoms with Crippen LogP contribution in [0.5, 0.6) is 0 Å². The smallest absolute Gasteiger partial charge is 0.223 e. The van der Waals surface area contributed by atoms with E-state index in [-0.39, 0.29) is 0 Å². The van der Waals surface area contributed by atoms with Gasteiger partial charge in [0.2, 0.25) is 5.91 Å². The Labute approximate surface area is 80.1 Å². The minimum absolute atomic E-state index is 0.336. The van der Waals surface area contributed by atoms with Gasteiger partial charge in [-0.3, -0.25) is 4.79 Å². The number of carbonyl (C=O) groups excluding carboxylic acids is 1. The van der Waals surface area contributed by atoms with Crippen LogP contribution in [0, 0.1) is 5.92 Å². The van der Waals surface area contributed by atoms with Crippen LogP contribution in [-0.2, 0) is 4.79 Å². The Morgan fingerprint density at radius 2 is 1.54 bits per heavy atom. The maximum Gasteiger partial charge on any atom is 0.223 e. The van der Waals surface area contributed by atoms with E-state index >= 15 is 0 Å². The number of carbonyl (C=O) groups is 1. The Morgan fingerprint density at radius 1 is 0.923 bits per heavy atom. The summed E-state index contributed by atoms with van der Waals surface area (Å²) >= 11 is 0. The van der Waals surface area contributed by atoms with Crippen LogP contribution in [0.2, 0.25) is 0 Å². The Hall–Kier alpha value is -0.530. The zero-order chi connectivity index (χ0) is 9.10. The van der Waals surface area contributed by atoms with Gasteiger partial charge in [0, 0.05) is 12.0 Å². The van der Waals surface area contributed by atoms with Crippen LogP contribution in [0.1, 0.15) is 51.4 Å². The molecule has 0 heterocycles. The number of rotatable bonds is 2. The van der Waals surface area contributed by atoms with Gasteiger partial charge in [-0.15, -0.1) is 0 Å². The molecule has 0 aromatic heterocycles. The van der Waals surface area contributed by atoms with Gasteiger partial charge >= 0.3 is 0 Å². The van der Waals surface area contributed by atoms with Gasteiger partial charge in [0.1, 0.15) is 0 Å². The average Bonchev–Trinajstić information content (AvgIpc) is 2.87. The summed E-state index contributed by atoms with van der Waals surface area (Å²) in [5.74, 6) is 0.674. The molecule has 2 fully saturated rings. The molecule has 2 rings (SSSR count). The molecule has 0 aliphatic heterocycles. The number of nitrogens with one attached hydrogen (secondary N) is 1. The molecule has 0 aromatic carbocycles. The Balaban J connectivity index is 1.78. The molecule has 0 saturated heterocycles. The van der Waals surface area contributed by atoms with Crippen molar-refractivity contribution in [3.8, 4) is 0 Å². The molecule has 0 unspecified atom stereocenters. The van der Waals surface area contributed by atoms with Crippen LogP contribution in [-0.4, -0.2) is 11.9 Å². The van der Waals surface area contributed by atoms with Crippen LogP contribution >= 0.6 is 0 Å².